The molecule has 0 amide bonds. The van der Waals surface area contributed by atoms with Gasteiger partial charge in [0.1, 0.15) is 12.6 Å². The zero-order chi connectivity index (χ0) is 9.68. The fourth-order valence-electron chi connectivity index (χ4n) is 0.760. The molecule has 0 spiro atoms. The monoisotopic (exact) mass is 180 g/mol. The number of esters is 1. The minimum Gasteiger partial charge on any atom is -0.458 e. The molecule has 1 aromatic heterocycles. The maximum absolute atomic E-state index is 10.9. The molecule has 4 nitrogen and oxygen atoms in total. The molecule has 1 heterocycles. The van der Waals surface area contributed by atoms with Crippen LogP contribution in [0.5, 0.6) is 0 Å². The average Bonchev–Trinajstić information content (AvgIpc) is 2.15. The van der Waals surface area contributed by atoms with Gasteiger partial charge in [0.25, 0.3) is 0 Å². The minimum atomic E-state index is -0.580. The average molecular weight is 180 g/mol. The molecule has 1 unspecified atom stereocenters. The van der Waals surface area contributed by atoms with E-state index in [-0.39, 0.29) is 6.61 Å². The Morgan fingerprint density at radius 3 is 3.00 bits per heavy atom. The van der Waals surface area contributed by atoms with E-state index in [1.807, 2.05) is 6.07 Å². The van der Waals surface area contributed by atoms with Crippen LogP contribution in [0.15, 0.2) is 24.4 Å². The number of hydrogen-bond donors (Lipinski definition) is 1. The standard InChI is InChI=1S/C9H12N2O2/c1-7(10)9(12)13-6-8-4-2-3-5-11-8/h2-5,7H,6,10H2,1H3. The number of aromatic nitrogens is 1. The van der Waals surface area contributed by atoms with Crippen molar-refractivity contribution in [2.45, 2.75) is 19.6 Å². The molecule has 0 aromatic carbocycles. The third kappa shape index (κ3) is 3.21. The Morgan fingerprint density at radius 2 is 2.46 bits per heavy atom. The van der Waals surface area contributed by atoms with Gasteiger partial charge in [-0.2, -0.15) is 0 Å². The highest BCUT2D eigenvalue weighted by Gasteiger charge is 2.08. The van der Waals surface area contributed by atoms with E-state index in [4.69, 9.17) is 10.5 Å². The van der Waals surface area contributed by atoms with Gasteiger partial charge in [-0.05, 0) is 19.1 Å². The first kappa shape index (κ1) is 9.67. The summed E-state index contributed by atoms with van der Waals surface area (Å²) in [6, 6.07) is 4.84. The lowest BCUT2D eigenvalue weighted by Crippen LogP contribution is -2.28. The Hall–Kier alpha value is -1.42. The summed E-state index contributed by atoms with van der Waals surface area (Å²) in [6.45, 7) is 1.77. The molecule has 0 aliphatic rings. The molecule has 13 heavy (non-hydrogen) atoms. The van der Waals surface area contributed by atoms with Gasteiger partial charge in [0.05, 0.1) is 5.69 Å². The summed E-state index contributed by atoms with van der Waals surface area (Å²) in [5.41, 5.74) is 6.02. The maximum Gasteiger partial charge on any atom is 0.323 e. The third-order valence-corrected chi connectivity index (χ3v) is 1.46. The Labute approximate surface area is 76.7 Å². The molecule has 70 valence electrons. The Morgan fingerprint density at radius 1 is 1.69 bits per heavy atom. The zero-order valence-corrected chi connectivity index (χ0v) is 7.43. The van der Waals surface area contributed by atoms with Crippen LogP contribution in [0.4, 0.5) is 0 Å². The van der Waals surface area contributed by atoms with E-state index in [1.165, 1.54) is 0 Å². The lowest BCUT2D eigenvalue weighted by molar-refractivity contribution is -0.146. The number of rotatable bonds is 3. The van der Waals surface area contributed by atoms with Gasteiger partial charge in [0, 0.05) is 6.20 Å². The fraction of sp³-hybridized carbons (Fsp3) is 0.333. The van der Waals surface area contributed by atoms with Gasteiger partial charge < -0.3 is 10.5 Å². The molecule has 1 aromatic rings. The van der Waals surface area contributed by atoms with Crippen LogP contribution in [-0.2, 0) is 16.1 Å². The molecule has 0 saturated heterocycles. The Bertz CT molecular complexity index is 272. The summed E-state index contributed by atoms with van der Waals surface area (Å²) in [7, 11) is 0. The number of carbonyl (C=O) groups is 1. The van der Waals surface area contributed by atoms with Crippen LogP contribution in [-0.4, -0.2) is 17.0 Å². The molecule has 0 saturated carbocycles. The van der Waals surface area contributed by atoms with Crippen molar-refractivity contribution in [3.05, 3.63) is 30.1 Å². The van der Waals surface area contributed by atoms with Gasteiger partial charge in [0.2, 0.25) is 0 Å². The quantitative estimate of drug-likeness (QED) is 0.687. The zero-order valence-electron chi connectivity index (χ0n) is 7.43. The van der Waals surface area contributed by atoms with Crippen molar-refractivity contribution in [2.75, 3.05) is 0 Å². The second-order valence-corrected chi connectivity index (χ2v) is 2.72. The highest BCUT2D eigenvalue weighted by atomic mass is 16.5. The van der Waals surface area contributed by atoms with E-state index in [0.717, 1.165) is 5.69 Å². The van der Waals surface area contributed by atoms with Crippen LogP contribution in [0.25, 0.3) is 0 Å². The number of carbonyl (C=O) groups excluding carboxylic acids is 1. The van der Waals surface area contributed by atoms with Crippen molar-refractivity contribution in [3.63, 3.8) is 0 Å². The highest BCUT2D eigenvalue weighted by molar-refractivity contribution is 5.74. The SMILES string of the molecule is CC(N)C(=O)OCc1ccccn1. The summed E-state index contributed by atoms with van der Waals surface area (Å²) >= 11 is 0. The number of nitrogens with two attached hydrogens (primary N) is 1. The first-order valence-electron chi connectivity index (χ1n) is 4.02. The Kier molecular flexibility index (Phi) is 3.40. The van der Waals surface area contributed by atoms with Crippen LogP contribution in [0.2, 0.25) is 0 Å². The molecule has 0 aliphatic heterocycles. The number of pyridine rings is 1. The molecule has 4 heteroatoms. The second-order valence-electron chi connectivity index (χ2n) is 2.72. The van der Waals surface area contributed by atoms with E-state index in [1.54, 1.807) is 25.3 Å². The van der Waals surface area contributed by atoms with Crippen LogP contribution in [0.3, 0.4) is 0 Å². The molecule has 0 aliphatic carbocycles. The second kappa shape index (κ2) is 4.57. The third-order valence-electron chi connectivity index (χ3n) is 1.46. The number of nitrogens with zero attached hydrogens (tertiary/aromatic N) is 1. The van der Waals surface area contributed by atoms with E-state index < -0.39 is 12.0 Å². The van der Waals surface area contributed by atoms with Crippen LogP contribution >= 0.6 is 0 Å². The van der Waals surface area contributed by atoms with Gasteiger partial charge in [-0.25, -0.2) is 0 Å². The predicted molar refractivity (Wildman–Crippen MR) is 47.7 cm³/mol. The molecule has 2 N–H and O–H groups in total. The molecular weight excluding hydrogens is 168 g/mol. The molecular formula is C9H12N2O2. The molecule has 1 atom stereocenters. The fourth-order valence-corrected chi connectivity index (χ4v) is 0.760. The predicted octanol–water partition coefficient (Wildman–Crippen LogP) is 0.472. The summed E-state index contributed by atoms with van der Waals surface area (Å²) in [6.07, 6.45) is 1.65. The highest BCUT2D eigenvalue weighted by Crippen LogP contribution is 1.96. The van der Waals surface area contributed by atoms with Crippen molar-refractivity contribution in [3.8, 4) is 0 Å². The Balaban J connectivity index is 2.40. The number of ether oxygens (including phenoxy) is 1. The van der Waals surface area contributed by atoms with Gasteiger partial charge in [-0.1, -0.05) is 6.07 Å². The summed E-state index contributed by atoms with van der Waals surface area (Å²) < 4.78 is 4.86. The molecule has 0 radical (unpaired) electrons. The van der Waals surface area contributed by atoms with E-state index in [9.17, 15) is 4.79 Å². The van der Waals surface area contributed by atoms with Gasteiger partial charge in [0.15, 0.2) is 0 Å². The number of hydrogen-bond acceptors (Lipinski definition) is 4. The van der Waals surface area contributed by atoms with E-state index in [2.05, 4.69) is 4.98 Å². The van der Waals surface area contributed by atoms with E-state index >= 15 is 0 Å². The van der Waals surface area contributed by atoms with Crippen molar-refractivity contribution in [1.82, 2.24) is 4.98 Å². The minimum absolute atomic E-state index is 0.182. The van der Waals surface area contributed by atoms with Crippen molar-refractivity contribution in [2.24, 2.45) is 5.73 Å². The first-order chi connectivity index (χ1) is 6.20. The molecule has 0 fully saturated rings. The largest absolute Gasteiger partial charge is 0.458 e. The summed E-state index contributed by atoms with van der Waals surface area (Å²) in [4.78, 5) is 14.9. The van der Waals surface area contributed by atoms with Crippen molar-refractivity contribution < 1.29 is 9.53 Å². The van der Waals surface area contributed by atoms with Crippen LogP contribution in [0, 0.1) is 0 Å². The van der Waals surface area contributed by atoms with Crippen LogP contribution < -0.4 is 5.73 Å². The molecule has 0 bridgehead atoms. The summed E-state index contributed by atoms with van der Waals surface area (Å²) in [5, 5.41) is 0. The van der Waals surface area contributed by atoms with Gasteiger partial charge >= 0.3 is 5.97 Å². The molecule has 1 rings (SSSR count). The summed E-state index contributed by atoms with van der Waals surface area (Å²) in [5.74, 6) is -0.411. The smallest absolute Gasteiger partial charge is 0.323 e. The van der Waals surface area contributed by atoms with E-state index in [0.29, 0.717) is 0 Å². The van der Waals surface area contributed by atoms with Gasteiger partial charge in [-0.15, -0.1) is 0 Å². The first-order valence-corrected chi connectivity index (χ1v) is 4.02. The van der Waals surface area contributed by atoms with Crippen molar-refractivity contribution >= 4 is 5.97 Å². The maximum atomic E-state index is 10.9. The van der Waals surface area contributed by atoms with Crippen molar-refractivity contribution in [1.29, 1.82) is 0 Å². The lowest BCUT2D eigenvalue weighted by atomic mass is 10.3. The van der Waals surface area contributed by atoms with Gasteiger partial charge in [-0.3, -0.25) is 9.78 Å². The topological polar surface area (TPSA) is 65.2 Å². The lowest BCUT2D eigenvalue weighted by Gasteiger charge is -2.05. The normalized spacial score (nSPS) is 12.2. The van der Waals surface area contributed by atoms with Crippen LogP contribution in [0.1, 0.15) is 12.6 Å².